The summed E-state index contributed by atoms with van der Waals surface area (Å²) in [6.07, 6.45) is 1.05. The maximum Gasteiger partial charge on any atom is 0.308 e. The number of carbonyl (C=O) groups excluding carboxylic acids is 2. The summed E-state index contributed by atoms with van der Waals surface area (Å²) in [6, 6.07) is 13.5. The van der Waals surface area contributed by atoms with Gasteiger partial charge in [0.25, 0.3) is 0 Å². The summed E-state index contributed by atoms with van der Waals surface area (Å²) >= 11 is 0. The standard InChI is InChI=1S/C44H63N5O9/c1-8-38-33(25-50)19-26(2)13-16-36(51)27(3)20-32(17-18-45-23-34-24-49(47-46-34)35-15-14-30-11-9-10-12-31(30)21-35)43(28(4)37(52)22-39(53)57-38)58-44-42(55)40(48(6)7)41(54)29(5)56-44/h9-16,19,21,24,27-29,32-33,37-38,40-45,50,52,54-55H,8,17-18,20,22-23,25H2,1-7H3/b16-13+,26-19+/t27-,28+,29-,32+,33-,37-,38-,40?,41-,42?,43-,44+/m1/s1. The monoisotopic (exact) mass is 805 g/mol. The molecule has 0 spiro atoms. The first-order chi connectivity index (χ1) is 27.7. The number of fused-ring (bicyclic) bond motifs is 1. The fraction of sp³-hybridized carbons (Fsp3) is 0.591. The van der Waals surface area contributed by atoms with Crippen molar-refractivity contribution in [2.24, 2.45) is 23.7 Å². The molecule has 3 aromatic rings. The minimum atomic E-state index is -1.25. The highest BCUT2D eigenvalue weighted by Crippen LogP contribution is 2.34. The Morgan fingerprint density at radius 1 is 1.02 bits per heavy atom. The molecule has 12 atom stereocenters. The Kier molecular flexibility index (Phi) is 16.3. The number of allylic oxidation sites excluding steroid dienone is 3. The molecule has 0 aliphatic carbocycles. The molecule has 14 nitrogen and oxygen atoms in total. The molecular weight excluding hydrogens is 743 g/mol. The van der Waals surface area contributed by atoms with Gasteiger partial charge in [-0.25, -0.2) is 4.68 Å². The number of nitrogens with zero attached hydrogens (tertiary/aromatic N) is 4. The summed E-state index contributed by atoms with van der Waals surface area (Å²) in [4.78, 5) is 28.7. The number of cyclic esters (lactones) is 1. The van der Waals surface area contributed by atoms with E-state index < -0.39 is 72.7 Å². The second-order valence-corrected chi connectivity index (χ2v) is 16.4. The molecule has 2 aliphatic rings. The number of benzene rings is 2. The second kappa shape index (κ2) is 20.9. The molecule has 58 heavy (non-hydrogen) atoms. The fourth-order valence-electron chi connectivity index (χ4n) is 8.19. The van der Waals surface area contributed by atoms with Gasteiger partial charge in [-0.3, -0.25) is 9.59 Å². The quantitative estimate of drug-likeness (QED) is 0.140. The Morgan fingerprint density at radius 2 is 1.76 bits per heavy atom. The average molecular weight is 806 g/mol. The molecule has 1 aromatic heterocycles. The van der Waals surface area contributed by atoms with Gasteiger partial charge in [0, 0.05) is 24.3 Å². The number of ether oxygens (including phenoxy) is 3. The Hall–Kier alpha value is -3.86. The number of aliphatic hydroxyl groups is 4. The molecule has 2 aromatic carbocycles. The summed E-state index contributed by atoms with van der Waals surface area (Å²) in [6.45, 7) is 9.64. The summed E-state index contributed by atoms with van der Waals surface area (Å²) < 4.78 is 20.3. The number of aliphatic hydroxyl groups excluding tert-OH is 4. The molecule has 0 amide bonds. The SMILES string of the molecule is CC[C@H]1OC(=O)C[C@@H](O)[C@H](C)[C@@H](O[C@@H]2O[C@H](C)[C@@H](O)C(N(C)C)C2O)[C@@H](CCNCc2cn(-c3ccc4ccccc4c3)nn2)C[C@@H](C)C(=O)/C=C/C(C)=C/[C@@H]1CO. The third-order valence-electron chi connectivity index (χ3n) is 11.7. The zero-order valence-electron chi connectivity index (χ0n) is 34.8. The van der Waals surface area contributed by atoms with Gasteiger partial charge in [0.15, 0.2) is 12.1 Å². The van der Waals surface area contributed by atoms with E-state index in [2.05, 4.69) is 33.8 Å². The number of carbonyl (C=O) groups is 2. The fourth-order valence-corrected chi connectivity index (χ4v) is 8.19. The van der Waals surface area contributed by atoms with Crippen molar-refractivity contribution in [3.05, 3.63) is 78.2 Å². The Labute approximate surface area is 341 Å². The van der Waals surface area contributed by atoms with Gasteiger partial charge in [0.2, 0.25) is 0 Å². The van der Waals surface area contributed by atoms with E-state index in [9.17, 15) is 30.0 Å². The Morgan fingerprint density at radius 3 is 2.47 bits per heavy atom. The van der Waals surface area contributed by atoms with Crippen LogP contribution in [0.1, 0.15) is 66.0 Å². The molecule has 1 fully saturated rings. The molecule has 5 rings (SSSR count). The molecule has 2 aliphatic heterocycles. The predicted molar refractivity (Wildman–Crippen MR) is 220 cm³/mol. The minimum Gasteiger partial charge on any atom is -0.462 e. The van der Waals surface area contributed by atoms with Crippen molar-refractivity contribution in [1.29, 1.82) is 0 Å². The number of likely N-dealkylation sites (N-methyl/N-ethyl adjacent to an activating group) is 1. The molecule has 318 valence electrons. The second-order valence-electron chi connectivity index (χ2n) is 16.4. The number of hydrogen-bond acceptors (Lipinski definition) is 13. The maximum absolute atomic E-state index is 13.7. The number of esters is 1. The van der Waals surface area contributed by atoms with Crippen molar-refractivity contribution in [3.8, 4) is 5.69 Å². The van der Waals surface area contributed by atoms with Gasteiger partial charge in [-0.05, 0) is 88.6 Å². The largest absolute Gasteiger partial charge is 0.462 e. The normalized spacial score (nSPS) is 33.5. The first-order valence-corrected chi connectivity index (χ1v) is 20.5. The van der Waals surface area contributed by atoms with Gasteiger partial charge in [-0.15, -0.1) is 5.10 Å². The smallest absolute Gasteiger partial charge is 0.308 e. The lowest BCUT2D eigenvalue weighted by Gasteiger charge is -2.46. The molecule has 5 N–H and O–H groups in total. The number of aromatic nitrogens is 3. The molecule has 0 bridgehead atoms. The summed E-state index contributed by atoms with van der Waals surface area (Å²) in [5, 5.41) is 58.8. The maximum atomic E-state index is 13.7. The van der Waals surface area contributed by atoms with E-state index in [4.69, 9.17) is 14.2 Å². The van der Waals surface area contributed by atoms with Gasteiger partial charge >= 0.3 is 5.97 Å². The van der Waals surface area contributed by atoms with E-state index in [1.165, 1.54) is 6.08 Å². The van der Waals surface area contributed by atoms with Crippen LogP contribution in [0.25, 0.3) is 16.5 Å². The van der Waals surface area contributed by atoms with Gasteiger partial charge in [-0.2, -0.15) is 0 Å². The van der Waals surface area contributed by atoms with Crippen LogP contribution in [0.4, 0.5) is 0 Å². The van der Waals surface area contributed by atoms with Gasteiger partial charge < -0.3 is 44.9 Å². The molecule has 3 heterocycles. The predicted octanol–water partition coefficient (Wildman–Crippen LogP) is 3.73. The highest BCUT2D eigenvalue weighted by atomic mass is 16.7. The van der Waals surface area contributed by atoms with Crippen LogP contribution in [0, 0.1) is 23.7 Å². The minimum absolute atomic E-state index is 0.104. The number of rotatable bonds is 11. The van der Waals surface area contributed by atoms with Crippen molar-refractivity contribution in [2.45, 2.75) is 116 Å². The third-order valence-corrected chi connectivity index (χ3v) is 11.7. The molecule has 2 unspecified atom stereocenters. The van der Waals surface area contributed by atoms with Crippen molar-refractivity contribution in [1.82, 2.24) is 25.2 Å². The van der Waals surface area contributed by atoms with Crippen molar-refractivity contribution >= 4 is 22.5 Å². The van der Waals surface area contributed by atoms with Crippen LogP contribution in [0.2, 0.25) is 0 Å². The van der Waals surface area contributed by atoms with Crippen molar-refractivity contribution < 1.29 is 44.2 Å². The van der Waals surface area contributed by atoms with Crippen molar-refractivity contribution in [2.75, 3.05) is 27.2 Å². The Balaban J connectivity index is 1.41. The summed E-state index contributed by atoms with van der Waals surface area (Å²) in [5.41, 5.74) is 2.36. The van der Waals surface area contributed by atoms with E-state index in [0.717, 1.165) is 27.7 Å². The van der Waals surface area contributed by atoms with Crippen LogP contribution < -0.4 is 5.32 Å². The molecule has 14 heteroatoms. The van der Waals surface area contributed by atoms with Crippen LogP contribution in [-0.4, -0.2) is 128 Å². The van der Waals surface area contributed by atoms with Gasteiger partial charge in [0.05, 0.1) is 61.1 Å². The van der Waals surface area contributed by atoms with Crippen LogP contribution in [-0.2, 0) is 30.3 Å². The first kappa shape index (κ1) is 45.2. The number of nitrogens with one attached hydrogen (secondary N) is 1. The van der Waals surface area contributed by atoms with Crippen LogP contribution >= 0.6 is 0 Å². The lowest BCUT2D eigenvalue weighted by atomic mass is 9.79. The van der Waals surface area contributed by atoms with E-state index in [0.29, 0.717) is 32.4 Å². The zero-order valence-corrected chi connectivity index (χ0v) is 34.8. The highest BCUT2D eigenvalue weighted by molar-refractivity contribution is 5.91. The number of ketones is 1. The lowest BCUT2D eigenvalue weighted by molar-refractivity contribution is -0.304. The third kappa shape index (κ3) is 11.4. The topological polar surface area (TPSA) is 189 Å². The average Bonchev–Trinajstić information content (AvgIpc) is 3.68. The van der Waals surface area contributed by atoms with E-state index in [-0.39, 0.29) is 24.7 Å². The van der Waals surface area contributed by atoms with Gasteiger partial charge in [-0.1, -0.05) is 74.0 Å². The van der Waals surface area contributed by atoms with Crippen LogP contribution in [0.5, 0.6) is 0 Å². The summed E-state index contributed by atoms with van der Waals surface area (Å²) in [7, 11) is 3.52. The Bertz CT molecular complexity index is 1870. The molecule has 1 saturated heterocycles. The van der Waals surface area contributed by atoms with E-state index in [1.54, 1.807) is 49.7 Å². The first-order valence-electron chi connectivity index (χ1n) is 20.5. The lowest BCUT2D eigenvalue weighted by Crippen LogP contribution is -2.63. The van der Waals surface area contributed by atoms with Gasteiger partial charge in [0.1, 0.15) is 12.2 Å². The molecule has 0 saturated carbocycles. The zero-order chi connectivity index (χ0) is 42.1. The highest BCUT2D eigenvalue weighted by Gasteiger charge is 2.47. The van der Waals surface area contributed by atoms with E-state index in [1.807, 2.05) is 51.2 Å². The summed E-state index contributed by atoms with van der Waals surface area (Å²) in [5.74, 6) is -2.76. The molecular formula is C44H63N5O9. The van der Waals surface area contributed by atoms with Crippen LogP contribution in [0.15, 0.2) is 72.5 Å². The van der Waals surface area contributed by atoms with E-state index >= 15 is 0 Å². The molecule has 0 radical (unpaired) electrons. The van der Waals surface area contributed by atoms with Crippen LogP contribution in [0.3, 0.4) is 0 Å². The van der Waals surface area contributed by atoms with Crippen molar-refractivity contribution in [3.63, 3.8) is 0 Å². The number of hydrogen-bond donors (Lipinski definition) is 5.